The first-order valence-electron chi connectivity index (χ1n) is 9.72. The molecule has 2 N–H and O–H groups in total. The van der Waals surface area contributed by atoms with E-state index in [2.05, 4.69) is 10.6 Å². The van der Waals surface area contributed by atoms with E-state index in [1.165, 1.54) is 0 Å². The summed E-state index contributed by atoms with van der Waals surface area (Å²) in [4.78, 5) is 36.7. The molecule has 1 atom stereocenters. The summed E-state index contributed by atoms with van der Waals surface area (Å²) in [6.45, 7) is 5.13. The summed E-state index contributed by atoms with van der Waals surface area (Å²) in [5.41, 5.74) is 1.22. The van der Waals surface area contributed by atoms with E-state index < -0.39 is 36.2 Å². The van der Waals surface area contributed by atoms with E-state index in [0.29, 0.717) is 0 Å². The Balaban J connectivity index is 1.96. The third-order valence-corrected chi connectivity index (χ3v) is 3.93. The van der Waals surface area contributed by atoms with Gasteiger partial charge in [-0.25, -0.2) is 9.59 Å². The molecule has 0 aromatic heterocycles. The van der Waals surface area contributed by atoms with Gasteiger partial charge in [0.05, 0.1) is 0 Å². The molecule has 2 rings (SSSR count). The van der Waals surface area contributed by atoms with E-state index in [0.717, 1.165) is 11.1 Å². The van der Waals surface area contributed by atoms with Crippen molar-refractivity contribution in [2.75, 3.05) is 6.61 Å². The van der Waals surface area contributed by atoms with Gasteiger partial charge in [-0.3, -0.25) is 4.79 Å². The number of esters is 1. The molecule has 2 aromatic carbocycles. The van der Waals surface area contributed by atoms with Gasteiger partial charge >= 0.3 is 12.1 Å². The molecule has 0 unspecified atom stereocenters. The summed E-state index contributed by atoms with van der Waals surface area (Å²) < 4.78 is 10.3. The van der Waals surface area contributed by atoms with Crippen molar-refractivity contribution in [2.24, 2.45) is 0 Å². The van der Waals surface area contributed by atoms with Gasteiger partial charge in [-0.15, -0.1) is 0 Å². The summed E-state index contributed by atoms with van der Waals surface area (Å²) in [6.07, 6.45) is -0.531. The molecule has 7 heteroatoms. The number of nitrogens with one attached hydrogen (secondary N) is 2. The Labute approximate surface area is 176 Å². The van der Waals surface area contributed by atoms with Gasteiger partial charge in [0, 0.05) is 12.0 Å². The van der Waals surface area contributed by atoms with Gasteiger partial charge in [0.25, 0.3) is 5.91 Å². The number of hydrogen-bond acceptors (Lipinski definition) is 5. The Morgan fingerprint density at radius 1 is 0.867 bits per heavy atom. The largest absolute Gasteiger partial charge is 0.454 e. The van der Waals surface area contributed by atoms with Gasteiger partial charge in [0.1, 0.15) is 12.6 Å². The van der Waals surface area contributed by atoms with Crippen molar-refractivity contribution < 1.29 is 23.9 Å². The van der Waals surface area contributed by atoms with Crippen LogP contribution < -0.4 is 10.6 Å². The van der Waals surface area contributed by atoms with Crippen molar-refractivity contribution in [2.45, 2.75) is 45.4 Å². The maximum atomic E-state index is 12.6. The number of ether oxygens (including phenoxy) is 2. The lowest BCUT2D eigenvalue weighted by molar-refractivity contribution is -0.150. The van der Waals surface area contributed by atoms with Gasteiger partial charge in [-0.1, -0.05) is 60.7 Å². The summed E-state index contributed by atoms with van der Waals surface area (Å²) in [5, 5.41) is 5.25. The molecule has 2 amide bonds. The second-order valence-corrected chi connectivity index (χ2v) is 7.85. The molecule has 0 spiro atoms. The van der Waals surface area contributed by atoms with E-state index >= 15 is 0 Å². The second kappa shape index (κ2) is 11.0. The quantitative estimate of drug-likeness (QED) is 0.650. The smallest absolute Gasteiger partial charge is 0.408 e. The molecular formula is C23H28N2O5. The van der Waals surface area contributed by atoms with Crippen LogP contribution in [0.1, 0.15) is 31.9 Å². The Morgan fingerprint density at radius 3 is 2.00 bits per heavy atom. The summed E-state index contributed by atoms with van der Waals surface area (Å²) in [7, 11) is 0. The van der Waals surface area contributed by atoms with Gasteiger partial charge in [-0.05, 0) is 31.9 Å². The van der Waals surface area contributed by atoms with Crippen LogP contribution >= 0.6 is 0 Å². The van der Waals surface area contributed by atoms with E-state index in [4.69, 9.17) is 9.47 Å². The lowest BCUT2D eigenvalue weighted by Gasteiger charge is -2.21. The Bertz CT molecular complexity index is 832. The van der Waals surface area contributed by atoms with E-state index in [9.17, 15) is 14.4 Å². The number of carbonyl (C=O) groups is 3. The third kappa shape index (κ3) is 8.77. The molecule has 0 aliphatic rings. The predicted octanol–water partition coefficient (Wildman–Crippen LogP) is 2.98. The maximum Gasteiger partial charge on any atom is 0.408 e. The average Bonchev–Trinajstić information content (AvgIpc) is 2.70. The fourth-order valence-electron chi connectivity index (χ4n) is 2.64. The molecule has 30 heavy (non-hydrogen) atoms. The molecule has 0 aliphatic heterocycles. The topological polar surface area (TPSA) is 93.7 Å². The molecule has 0 bridgehead atoms. The highest BCUT2D eigenvalue weighted by molar-refractivity contribution is 5.85. The van der Waals surface area contributed by atoms with Crippen LogP contribution in [0.2, 0.25) is 0 Å². The highest BCUT2D eigenvalue weighted by Crippen LogP contribution is 2.07. The number of alkyl carbamates (subject to hydrolysis) is 1. The molecule has 0 radical (unpaired) electrons. The first-order chi connectivity index (χ1) is 14.2. The van der Waals surface area contributed by atoms with Crippen LogP contribution in [0.3, 0.4) is 0 Å². The highest BCUT2D eigenvalue weighted by atomic mass is 16.6. The van der Waals surface area contributed by atoms with Crippen molar-refractivity contribution in [1.29, 1.82) is 0 Å². The number of rotatable bonds is 8. The minimum atomic E-state index is -0.988. The van der Waals surface area contributed by atoms with Crippen molar-refractivity contribution in [3.8, 4) is 0 Å². The molecule has 160 valence electrons. The van der Waals surface area contributed by atoms with Crippen molar-refractivity contribution in [1.82, 2.24) is 10.6 Å². The first kappa shape index (κ1) is 22.9. The highest BCUT2D eigenvalue weighted by Gasteiger charge is 2.25. The number of carbonyl (C=O) groups excluding carboxylic acids is 3. The predicted molar refractivity (Wildman–Crippen MR) is 113 cm³/mol. The van der Waals surface area contributed by atoms with Crippen LogP contribution in [-0.4, -0.2) is 36.2 Å². The van der Waals surface area contributed by atoms with Crippen LogP contribution in [0, 0.1) is 0 Å². The van der Waals surface area contributed by atoms with Gasteiger partial charge in [-0.2, -0.15) is 0 Å². The zero-order chi connectivity index (χ0) is 22.0. The van der Waals surface area contributed by atoms with Crippen LogP contribution in [0.25, 0.3) is 0 Å². The summed E-state index contributed by atoms with van der Waals surface area (Å²) in [6, 6.07) is 17.4. The molecular weight excluding hydrogens is 384 g/mol. The first-order valence-corrected chi connectivity index (χ1v) is 9.72. The van der Waals surface area contributed by atoms with Crippen LogP contribution in [-0.2, 0) is 32.1 Å². The number of benzene rings is 2. The molecule has 0 aliphatic carbocycles. The zero-order valence-corrected chi connectivity index (χ0v) is 17.5. The molecule has 7 nitrogen and oxygen atoms in total. The summed E-state index contributed by atoms with van der Waals surface area (Å²) in [5.74, 6) is -1.12. The van der Waals surface area contributed by atoms with Gasteiger partial charge in [0.2, 0.25) is 0 Å². The van der Waals surface area contributed by atoms with Crippen LogP contribution in [0.4, 0.5) is 4.79 Å². The van der Waals surface area contributed by atoms with E-state index in [-0.39, 0.29) is 13.0 Å². The third-order valence-electron chi connectivity index (χ3n) is 3.93. The molecule has 0 saturated heterocycles. The van der Waals surface area contributed by atoms with Crippen molar-refractivity contribution >= 4 is 18.0 Å². The normalized spacial score (nSPS) is 11.8. The van der Waals surface area contributed by atoms with Crippen LogP contribution in [0.5, 0.6) is 0 Å². The minimum absolute atomic E-state index is 0.0771. The second-order valence-electron chi connectivity index (χ2n) is 7.85. The standard InChI is InChI=1S/C23H28N2O5/c1-23(2,3)25-20(26)16-29-21(27)19(14-17-10-6-4-7-11-17)24-22(28)30-15-18-12-8-5-9-13-18/h4-13,19H,14-16H2,1-3H3,(H,24,28)(H,25,26)/t19-/m0/s1. The minimum Gasteiger partial charge on any atom is -0.454 e. The Morgan fingerprint density at radius 2 is 1.43 bits per heavy atom. The maximum absolute atomic E-state index is 12.6. The van der Waals surface area contributed by atoms with Gasteiger partial charge < -0.3 is 20.1 Å². The fraction of sp³-hybridized carbons (Fsp3) is 0.348. The van der Waals surface area contributed by atoms with E-state index in [1.807, 2.05) is 81.4 Å². The lowest BCUT2D eigenvalue weighted by Crippen LogP contribution is -2.46. The monoisotopic (exact) mass is 412 g/mol. The van der Waals surface area contributed by atoms with Crippen molar-refractivity contribution in [3.05, 3.63) is 71.8 Å². The summed E-state index contributed by atoms with van der Waals surface area (Å²) >= 11 is 0. The number of amides is 2. The number of hydrogen-bond donors (Lipinski definition) is 2. The molecule has 2 aromatic rings. The molecule has 0 saturated carbocycles. The lowest BCUT2D eigenvalue weighted by atomic mass is 10.1. The average molecular weight is 412 g/mol. The van der Waals surface area contributed by atoms with Gasteiger partial charge in [0.15, 0.2) is 6.61 Å². The zero-order valence-electron chi connectivity index (χ0n) is 17.5. The Hall–Kier alpha value is -3.35. The van der Waals surface area contributed by atoms with Crippen LogP contribution in [0.15, 0.2) is 60.7 Å². The fourth-order valence-corrected chi connectivity index (χ4v) is 2.64. The SMILES string of the molecule is CC(C)(C)NC(=O)COC(=O)[C@H](Cc1ccccc1)NC(=O)OCc1ccccc1. The molecule has 0 heterocycles. The molecule has 0 fully saturated rings. The van der Waals surface area contributed by atoms with Crippen molar-refractivity contribution in [3.63, 3.8) is 0 Å². The van der Waals surface area contributed by atoms with E-state index in [1.54, 1.807) is 0 Å². The Kier molecular flexibility index (Phi) is 8.41.